The Kier molecular flexibility index (Phi) is 8.41. The molecule has 0 fully saturated rings. The second-order valence-electron chi connectivity index (χ2n) is 11.8. The van der Waals surface area contributed by atoms with Crippen molar-refractivity contribution >= 4 is 21.2 Å². The van der Waals surface area contributed by atoms with Crippen molar-refractivity contribution in [2.24, 2.45) is 0 Å². The van der Waals surface area contributed by atoms with Crippen LogP contribution in [0.15, 0.2) is 48.8 Å². The van der Waals surface area contributed by atoms with Crippen molar-refractivity contribution in [1.82, 2.24) is 9.13 Å². The number of nitrogens with zero attached hydrogens (tertiary/aromatic N) is 2. The SMILES string of the molecule is CC(C)c1cccc(C(C)C)c1-n1ccn(-c2c(C(C)C)cccc2C(C)C)c1=[As][Si](C)(C)C. The minimum atomic E-state index is -1.32. The van der Waals surface area contributed by atoms with Crippen molar-refractivity contribution in [3.05, 3.63) is 75.3 Å². The van der Waals surface area contributed by atoms with Gasteiger partial charge in [-0.25, -0.2) is 0 Å². The zero-order chi connectivity index (χ0) is 25.4. The quantitative estimate of drug-likeness (QED) is 0.267. The molecule has 2 aromatic carbocycles. The molecule has 0 bridgehead atoms. The summed E-state index contributed by atoms with van der Waals surface area (Å²) in [6, 6.07) is 13.9. The predicted molar refractivity (Wildman–Crippen MR) is 154 cm³/mol. The van der Waals surface area contributed by atoms with Crippen LogP contribution in [0, 0.1) is 4.21 Å². The average Bonchev–Trinajstić information content (AvgIpc) is 3.13. The first-order valence-electron chi connectivity index (χ1n) is 13.0. The van der Waals surface area contributed by atoms with Crippen LogP contribution in [0.25, 0.3) is 11.4 Å². The van der Waals surface area contributed by atoms with Gasteiger partial charge in [0.25, 0.3) is 0 Å². The maximum atomic E-state index is 2.59. The second-order valence-corrected chi connectivity index (χ2v) is 27.1. The van der Waals surface area contributed by atoms with Crippen LogP contribution < -0.4 is 0 Å². The summed E-state index contributed by atoms with van der Waals surface area (Å²) < 4.78 is 6.69. The number of rotatable bonds is 7. The van der Waals surface area contributed by atoms with Crippen molar-refractivity contribution in [3.63, 3.8) is 0 Å². The van der Waals surface area contributed by atoms with Crippen LogP contribution in [-0.2, 0) is 0 Å². The van der Waals surface area contributed by atoms with E-state index < -0.39 is 6.54 Å². The van der Waals surface area contributed by atoms with Crippen molar-refractivity contribution in [3.8, 4) is 11.4 Å². The van der Waals surface area contributed by atoms with Gasteiger partial charge in [-0.2, -0.15) is 0 Å². The fourth-order valence-corrected chi connectivity index (χ4v) is 11.4. The van der Waals surface area contributed by atoms with Crippen LogP contribution in [0.3, 0.4) is 0 Å². The number of hydrogen-bond acceptors (Lipinski definition) is 0. The maximum absolute atomic E-state index is 2.59. The van der Waals surface area contributed by atoms with Crippen LogP contribution in [0.2, 0.25) is 19.6 Å². The van der Waals surface area contributed by atoms with Gasteiger partial charge in [-0.15, -0.1) is 0 Å². The molecule has 1 heterocycles. The number of aromatic nitrogens is 2. The second kappa shape index (κ2) is 10.6. The third-order valence-corrected chi connectivity index (χ3v) is 13.7. The minimum absolute atomic E-state index is 0.0484. The van der Waals surface area contributed by atoms with E-state index in [2.05, 4.69) is 133 Å². The van der Waals surface area contributed by atoms with E-state index in [9.17, 15) is 0 Å². The third-order valence-electron chi connectivity index (χ3n) is 6.40. The van der Waals surface area contributed by atoms with E-state index in [0.717, 1.165) is 0 Å². The molecule has 4 heteroatoms. The number of benzene rings is 2. The Morgan fingerprint density at radius 2 is 0.853 bits per heavy atom. The summed E-state index contributed by atoms with van der Waals surface area (Å²) >= 11 is 0.0484. The van der Waals surface area contributed by atoms with E-state index in [0.29, 0.717) is 23.7 Å². The molecule has 0 aliphatic rings. The fraction of sp³-hybridized carbons (Fsp3) is 0.500. The molecule has 0 saturated heterocycles. The molecule has 0 N–H and O–H groups in total. The molecule has 0 saturated carbocycles. The molecular weight excluding hydrogens is 491 g/mol. The Hall–Kier alpha value is -1.57. The third kappa shape index (κ3) is 5.63. The van der Waals surface area contributed by atoms with Gasteiger partial charge in [0.05, 0.1) is 0 Å². The molecule has 0 aliphatic heterocycles. The van der Waals surface area contributed by atoms with Crippen LogP contribution in [0.4, 0.5) is 0 Å². The molecule has 2 nitrogen and oxygen atoms in total. The Morgan fingerprint density at radius 1 is 0.559 bits per heavy atom. The standard InChI is InChI=1S/C30H45AsN2Si/c1-20(2)24-14-12-15-25(21(3)4)28(24)32-18-19-33(30(32)31-34(9,10)11)29-26(22(5)6)16-13-17-27(29)23(7)8/h12-23H,1-11H3. The van der Waals surface area contributed by atoms with Gasteiger partial charge < -0.3 is 0 Å². The molecule has 0 atom stereocenters. The zero-order valence-electron chi connectivity index (χ0n) is 23.3. The van der Waals surface area contributed by atoms with E-state index in [4.69, 9.17) is 0 Å². The summed E-state index contributed by atoms with van der Waals surface area (Å²) in [5, 5.41) is 0. The molecule has 3 aromatic rings. The Balaban J connectivity index is 2.52. The summed E-state index contributed by atoms with van der Waals surface area (Å²) in [7, 11) is 0. The van der Waals surface area contributed by atoms with Gasteiger partial charge in [0, 0.05) is 0 Å². The Bertz CT molecular complexity index is 1070. The average molecular weight is 537 g/mol. The van der Waals surface area contributed by atoms with E-state index in [1.807, 2.05) is 0 Å². The normalized spacial score (nSPS) is 12.7. The Labute approximate surface area is 215 Å². The molecular formula is C30H45AsN2Si. The first kappa shape index (κ1) is 27.0. The van der Waals surface area contributed by atoms with E-state index in [1.165, 1.54) is 37.8 Å². The monoisotopic (exact) mass is 536 g/mol. The van der Waals surface area contributed by atoms with E-state index in [1.54, 1.807) is 0 Å². The molecule has 0 radical (unpaired) electrons. The fourth-order valence-electron chi connectivity index (χ4n) is 4.72. The molecule has 0 unspecified atom stereocenters. The van der Waals surface area contributed by atoms with Crippen molar-refractivity contribution in [1.29, 1.82) is 0 Å². The van der Waals surface area contributed by atoms with E-state index in [-0.39, 0.29) is 14.6 Å². The zero-order valence-corrected chi connectivity index (χ0v) is 26.1. The topological polar surface area (TPSA) is 9.86 Å². The summed E-state index contributed by atoms with van der Waals surface area (Å²) in [5.41, 5.74) is 8.65. The number of imidazole rings is 1. The van der Waals surface area contributed by atoms with Crippen molar-refractivity contribution in [2.45, 2.75) is 98.7 Å². The van der Waals surface area contributed by atoms with Gasteiger partial charge in [-0.1, -0.05) is 0 Å². The molecule has 3 rings (SSSR count). The summed E-state index contributed by atoms with van der Waals surface area (Å²) in [6.07, 6.45) is 4.72. The van der Waals surface area contributed by atoms with Crippen LogP contribution in [0.5, 0.6) is 0 Å². The van der Waals surface area contributed by atoms with Gasteiger partial charge in [-0.3, -0.25) is 0 Å². The van der Waals surface area contributed by atoms with Gasteiger partial charge in [-0.05, 0) is 0 Å². The Morgan fingerprint density at radius 3 is 1.09 bits per heavy atom. The summed E-state index contributed by atoms with van der Waals surface area (Å²) in [6.45, 7) is 24.9. The van der Waals surface area contributed by atoms with Crippen LogP contribution in [0.1, 0.15) is 101 Å². The van der Waals surface area contributed by atoms with Gasteiger partial charge in [0.2, 0.25) is 0 Å². The predicted octanol–water partition coefficient (Wildman–Crippen LogP) is 8.83. The molecule has 0 spiro atoms. The van der Waals surface area contributed by atoms with Crippen LogP contribution in [-0.4, -0.2) is 30.3 Å². The molecule has 0 aliphatic carbocycles. The molecule has 184 valence electrons. The summed E-state index contributed by atoms with van der Waals surface area (Å²) in [5.74, 6) is 1.92. The molecule has 34 heavy (non-hydrogen) atoms. The van der Waals surface area contributed by atoms with E-state index >= 15 is 0 Å². The first-order valence-corrected chi connectivity index (χ1v) is 20.2. The van der Waals surface area contributed by atoms with Gasteiger partial charge in [0.1, 0.15) is 0 Å². The summed E-state index contributed by atoms with van der Waals surface area (Å²) in [4.78, 5) is 0. The van der Waals surface area contributed by atoms with Gasteiger partial charge in [0.15, 0.2) is 0 Å². The molecule has 0 amide bonds. The van der Waals surface area contributed by atoms with Crippen molar-refractivity contribution in [2.75, 3.05) is 0 Å². The molecule has 1 aromatic heterocycles. The van der Waals surface area contributed by atoms with Crippen LogP contribution >= 0.6 is 0 Å². The number of hydrogen-bond donors (Lipinski definition) is 0. The van der Waals surface area contributed by atoms with Crippen molar-refractivity contribution < 1.29 is 0 Å². The first-order chi connectivity index (χ1) is 15.8. The number of para-hydroxylation sites is 2. The van der Waals surface area contributed by atoms with Gasteiger partial charge >= 0.3 is 216 Å².